The smallest absolute Gasteiger partial charge is 0.407 e. The number of anilines is 1. The number of halogens is 1. The normalized spacial score (nSPS) is 16.8. The molecule has 1 fully saturated rings. The standard InChI is InChI=1S/C37H42ClN5O6/c1-21-17-26(35(46)47)13-15-28(21)24-9-5-22(6-10-24)18-31(34(45)40-27-14-16-29-30(19-27)42-43-32(29)38)41-33(44)25-11-7-23(8-12-25)20-39-36(48)49-37(2,3)4/h5-6,9-10,13-17,19,23,25,31H,7-8,11-12,18,20H2,1-4H3,(H,39,48)(H,40,45)(H,41,44)(H,42,43)(H,46,47)/t23?,25?,31-/m0/s1. The van der Waals surface area contributed by atoms with Crippen LogP contribution in [0.25, 0.3) is 22.0 Å². The number of amides is 3. The van der Waals surface area contributed by atoms with Crippen LogP contribution in [-0.4, -0.2) is 57.4 Å². The lowest BCUT2D eigenvalue weighted by Crippen LogP contribution is -2.48. The summed E-state index contributed by atoms with van der Waals surface area (Å²) < 4.78 is 5.33. The van der Waals surface area contributed by atoms with Crippen LogP contribution in [0.5, 0.6) is 0 Å². The molecule has 1 saturated carbocycles. The number of nitrogens with zero attached hydrogens (tertiary/aromatic N) is 1. The van der Waals surface area contributed by atoms with Gasteiger partial charge in [-0.3, -0.25) is 14.7 Å². The maximum Gasteiger partial charge on any atom is 0.407 e. The molecule has 1 aromatic heterocycles. The fraction of sp³-hybridized carbons (Fsp3) is 0.378. The third-order valence-corrected chi connectivity index (χ3v) is 9.03. The number of nitrogens with one attached hydrogen (secondary N) is 4. The highest BCUT2D eigenvalue weighted by Crippen LogP contribution is 2.30. The first-order valence-corrected chi connectivity index (χ1v) is 16.8. The first-order valence-electron chi connectivity index (χ1n) is 16.4. The van der Waals surface area contributed by atoms with Gasteiger partial charge in [-0.25, -0.2) is 9.59 Å². The summed E-state index contributed by atoms with van der Waals surface area (Å²) in [6, 6.07) is 17.0. The number of hydrogen-bond acceptors (Lipinski definition) is 6. The minimum absolute atomic E-state index is 0.181. The van der Waals surface area contributed by atoms with Crippen LogP contribution >= 0.6 is 11.6 Å². The number of hydrogen-bond donors (Lipinski definition) is 5. The molecule has 0 spiro atoms. The summed E-state index contributed by atoms with van der Waals surface area (Å²) in [7, 11) is 0. The molecule has 1 heterocycles. The Kier molecular flexibility index (Phi) is 10.9. The molecule has 49 heavy (non-hydrogen) atoms. The van der Waals surface area contributed by atoms with E-state index in [1.54, 1.807) is 36.4 Å². The van der Waals surface area contributed by atoms with E-state index < -0.39 is 23.7 Å². The van der Waals surface area contributed by atoms with Gasteiger partial charge in [0.15, 0.2) is 0 Å². The van der Waals surface area contributed by atoms with Crippen molar-refractivity contribution in [1.82, 2.24) is 20.8 Å². The summed E-state index contributed by atoms with van der Waals surface area (Å²) in [5, 5.41) is 26.1. The van der Waals surface area contributed by atoms with Gasteiger partial charge in [0.25, 0.3) is 0 Å². The van der Waals surface area contributed by atoms with E-state index in [4.69, 9.17) is 16.3 Å². The summed E-state index contributed by atoms with van der Waals surface area (Å²) >= 11 is 6.14. The number of ether oxygens (including phenoxy) is 1. The Balaban J connectivity index is 1.26. The van der Waals surface area contributed by atoms with Crippen molar-refractivity contribution in [3.63, 3.8) is 0 Å². The largest absolute Gasteiger partial charge is 0.478 e. The number of carboxylic acid groups (broad SMARTS) is 1. The minimum atomic E-state index is -0.979. The molecule has 0 aliphatic heterocycles. The van der Waals surface area contributed by atoms with Crippen molar-refractivity contribution < 1.29 is 29.0 Å². The van der Waals surface area contributed by atoms with Crippen LogP contribution in [0.1, 0.15) is 67.9 Å². The third-order valence-electron chi connectivity index (χ3n) is 8.74. The molecule has 1 aliphatic carbocycles. The molecule has 1 aliphatic rings. The molecule has 3 amide bonds. The lowest BCUT2D eigenvalue weighted by molar-refractivity contribution is -0.130. The number of rotatable bonds is 10. The number of carbonyl (C=O) groups is 4. The van der Waals surface area contributed by atoms with Crippen LogP contribution in [-0.2, 0) is 20.7 Å². The molecule has 5 N–H and O–H groups in total. The molecular formula is C37H42ClN5O6. The lowest BCUT2D eigenvalue weighted by Gasteiger charge is -2.29. The topological polar surface area (TPSA) is 163 Å². The molecule has 0 saturated heterocycles. The average molecular weight is 688 g/mol. The zero-order chi connectivity index (χ0) is 35.3. The van der Waals surface area contributed by atoms with E-state index in [9.17, 15) is 24.3 Å². The molecular weight excluding hydrogens is 646 g/mol. The van der Waals surface area contributed by atoms with Crippen LogP contribution < -0.4 is 16.0 Å². The molecule has 1 atom stereocenters. The van der Waals surface area contributed by atoms with Gasteiger partial charge in [0.1, 0.15) is 16.8 Å². The fourth-order valence-corrected chi connectivity index (χ4v) is 6.33. The molecule has 258 valence electrons. The minimum Gasteiger partial charge on any atom is -0.478 e. The predicted molar refractivity (Wildman–Crippen MR) is 189 cm³/mol. The Labute approximate surface area is 290 Å². The van der Waals surface area contributed by atoms with Gasteiger partial charge in [-0.2, -0.15) is 5.10 Å². The highest BCUT2D eigenvalue weighted by atomic mass is 35.5. The van der Waals surface area contributed by atoms with Gasteiger partial charge in [0, 0.05) is 30.0 Å². The average Bonchev–Trinajstić information content (AvgIpc) is 3.42. The fourth-order valence-electron chi connectivity index (χ4n) is 6.13. The monoisotopic (exact) mass is 687 g/mol. The van der Waals surface area contributed by atoms with Gasteiger partial charge in [-0.15, -0.1) is 0 Å². The number of H-pyrrole nitrogens is 1. The van der Waals surface area contributed by atoms with Gasteiger partial charge in [-0.1, -0.05) is 41.9 Å². The molecule has 5 rings (SSSR count). The Morgan fingerprint density at radius 1 is 1.00 bits per heavy atom. The third kappa shape index (κ3) is 9.38. The van der Waals surface area contributed by atoms with E-state index in [-0.39, 0.29) is 35.6 Å². The van der Waals surface area contributed by atoms with Gasteiger partial charge < -0.3 is 25.8 Å². The van der Waals surface area contributed by atoms with E-state index in [1.807, 2.05) is 52.0 Å². The van der Waals surface area contributed by atoms with Gasteiger partial charge in [0.2, 0.25) is 11.8 Å². The van der Waals surface area contributed by atoms with Crippen molar-refractivity contribution in [3.8, 4) is 11.1 Å². The highest BCUT2D eigenvalue weighted by Gasteiger charge is 2.30. The molecule has 0 unspecified atom stereocenters. The number of alkyl carbamates (subject to hydrolysis) is 1. The molecule has 0 bridgehead atoms. The van der Waals surface area contributed by atoms with Crippen molar-refractivity contribution in [2.75, 3.05) is 11.9 Å². The molecule has 12 heteroatoms. The number of aryl methyl sites for hydroxylation is 1. The van der Waals surface area contributed by atoms with Crippen molar-refractivity contribution in [2.45, 2.75) is 71.4 Å². The van der Waals surface area contributed by atoms with Crippen LogP contribution in [0.15, 0.2) is 60.7 Å². The van der Waals surface area contributed by atoms with Crippen molar-refractivity contribution >= 4 is 52.1 Å². The Hall–Kier alpha value is -4.90. The van der Waals surface area contributed by atoms with Crippen LogP contribution in [0.2, 0.25) is 5.15 Å². The number of benzene rings is 3. The van der Waals surface area contributed by atoms with Gasteiger partial charge in [0.05, 0.1) is 11.1 Å². The summed E-state index contributed by atoms with van der Waals surface area (Å²) in [5.74, 6) is -1.54. The maximum absolute atomic E-state index is 13.7. The summed E-state index contributed by atoms with van der Waals surface area (Å²) in [6.45, 7) is 7.80. The Bertz CT molecular complexity index is 1840. The first-order chi connectivity index (χ1) is 23.3. The number of aromatic amines is 1. The summed E-state index contributed by atoms with van der Waals surface area (Å²) in [6.07, 6.45) is 2.63. The zero-order valence-corrected chi connectivity index (χ0v) is 28.8. The van der Waals surface area contributed by atoms with Crippen molar-refractivity contribution in [3.05, 3.63) is 82.5 Å². The zero-order valence-electron chi connectivity index (χ0n) is 28.1. The van der Waals surface area contributed by atoms with Gasteiger partial charge in [-0.05, 0) is 112 Å². The second kappa shape index (κ2) is 15.1. The number of carboxylic acids is 1. The molecule has 4 aromatic rings. The first kappa shape index (κ1) is 35.4. The van der Waals surface area contributed by atoms with Crippen LogP contribution in [0.3, 0.4) is 0 Å². The number of fused-ring (bicyclic) bond motifs is 1. The number of aromatic carboxylic acids is 1. The second-order valence-corrected chi connectivity index (χ2v) is 14.0. The quantitative estimate of drug-likeness (QED) is 0.121. The SMILES string of the molecule is Cc1cc(C(=O)O)ccc1-c1ccc(C[C@H](NC(=O)C2CCC(CNC(=O)OC(C)(C)C)CC2)C(=O)Nc2ccc3c(Cl)[nH]nc3c2)cc1. The second-order valence-electron chi connectivity index (χ2n) is 13.7. The van der Waals surface area contributed by atoms with E-state index in [0.29, 0.717) is 35.7 Å². The number of carbonyl (C=O) groups excluding carboxylic acids is 3. The van der Waals surface area contributed by atoms with Crippen molar-refractivity contribution in [2.24, 2.45) is 11.8 Å². The van der Waals surface area contributed by atoms with E-state index in [2.05, 4.69) is 26.1 Å². The lowest BCUT2D eigenvalue weighted by atomic mass is 9.81. The summed E-state index contributed by atoms with van der Waals surface area (Å²) in [5.41, 5.74) is 4.27. The maximum atomic E-state index is 13.7. The summed E-state index contributed by atoms with van der Waals surface area (Å²) in [4.78, 5) is 50.7. The molecule has 3 aromatic carbocycles. The van der Waals surface area contributed by atoms with E-state index >= 15 is 0 Å². The van der Waals surface area contributed by atoms with Crippen molar-refractivity contribution in [1.29, 1.82) is 0 Å². The predicted octanol–water partition coefficient (Wildman–Crippen LogP) is 6.89. The molecule has 11 nitrogen and oxygen atoms in total. The molecule has 0 radical (unpaired) electrons. The van der Waals surface area contributed by atoms with E-state index in [1.165, 1.54) is 0 Å². The van der Waals surface area contributed by atoms with Gasteiger partial charge >= 0.3 is 12.1 Å². The van der Waals surface area contributed by atoms with E-state index in [0.717, 1.165) is 40.5 Å². The van der Waals surface area contributed by atoms with Crippen LogP contribution in [0.4, 0.5) is 10.5 Å². The van der Waals surface area contributed by atoms with Crippen LogP contribution in [0, 0.1) is 18.8 Å². The number of aromatic nitrogens is 2. The Morgan fingerprint density at radius 2 is 1.71 bits per heavy atom. The highest BCUT2D eigenvalue weighted by molar-refractivity contribution is 6.34. The Morgan fingerprint density at radius 3 is 2.37 bits per heavy atom.